The first-order valence-corrected chi connectivity index (χ1v) is 8.55. The van der Waals surface area contributed by atoms with E-state index in [0.29, 0.717) is 6.54 Å². The number of aromatic nitrogens is 2. The van der Waals surface area contributed by atoms with E-state index in [1.165, 1.54) is 16.3 Å². The first kappa shape index (κ1) is 15.5. The molecule has 0 spiro atoms. The summed E-state index contributed by atoms with van der Waals surface area (Å²) in [5, 5.41) is 5.81. The van der Waals surface area contributed by atoms with Crippen molar-refractivity contribution in [3.63, 3.8) is 0 Å². The van der Waals surface area contributed by atoms with Crippen LogP contribution in [0.1, 0.15) is 19.4 Å². The van der Waals surface area contributed by atoms with Crippen LogP contribution in [-0.4, -0.2) is 16.1 Å². The van der Waals surface area contributed by atoms with E-state index < -0.39 is 0 Å². The van der Waals surface area contributed by atoms with Crippen LogP contribution in [0.2, 0.25) is 0 Å². The molecule has 25 heavy (non-hydrogen) atoms. The van der Waals surface area contributed by atoms with Gasteiger partial charge in [-0.2, -0.15) is 0 Å². The Bertz CT molecular complexity index is 1020. The molecule has 4 rings (SSSR count). The van der Waals surface area contributed by atoms with E-state index in [4.69, 9.17) is 4.74 Å². The number of hydrogen-bond acceptors (Lipinski definition) is 3. The van der Waals surface area contributed by atoms with Crippen molar-refractivity contribution in [2.45, 2.75) is 26.5 Å². The van der Waals surface area contributed by atoms with E-state index in [1.54, 1.807) is 0 Å². The second-order valence-corrected chi connectivity index (χ2v) is 6.45. The number of anilines is 1. The fourth-order valence-corrected chi connectivity index (χ4v) is 3.04. The summed E-state index contributed by atoms with van der Waals surface area (Å²) in [6.45, 7) is 4.77. The highest BCUT2D eigenvalue weighted by Crippen LogP contribution is 2.26. The number of ether oxygens (including phenoxy) is 1. The van der Waals surface area contributed by atoms with Crippen LogP contribution >= 0.6 is 0 Å². The Labute approximate surface area is 146 Å². The van der Waals surface area contributed by atoms with Crippen molar-refractivity contribution in [3.8, 4) is 5.75 Å². The summed E-state index contributed by atoms with van der Waals surface area (Å²) in [7, 11) is 0. The number of fused-ring (bicyclic) bond motifs is 3. The molecule has 4 aromatic rings. The molecule has 2 aromatic carbocycles. The van der Waals surface area contributed by atoms with E-state index in [-0.39, 0.29) is 6.10 Å². The predicted octanol–water partition coefficient (Wildman–Crippen LogP) is 5.12. The maximum Gasteiger partial charge on any atom is 0.126 e. The van der Waals surface area contributed by atoms with Crippen molar-refractivity contribution in [1.29, 1.82) is 0 Å². The summed E-state index contributed by atoms with van der Waals surface area (Å²) >= 11 is 0. The standard InChI is InChI=1S/C21H21N3O/c1-14(2)25-16-7-5-6-15(10-16)12-22-21-11-18-17-8-3-4-9-19(17)24-20(18)13-23-21/h3-11,13-14,24H,12H2,1-2H3,(H,22,23). The molecule has 0 radical (unpaired) electrons. The summed E-state index contributed by atoms with van der Waals surface area (Å²) in [5.74, 6) is 1.77. The topological polar surface area (TPSA) is 49.9 Å². The van der Waals surface area contributed by atoms with Gasteiger partial charge in [-0.25, -0.2) is 4.98 Å². The third kappa shape index (κ3) is 3.29. The largest absolute Gasteiger partial charge is 0.491 e. The van der Waals surface area contributed by atoms with E-state index in [0.717, 1.165) is 22.6 Å². The lowest BCUT2D eigenvalue weighted by atomic mass is 10.2. The lowest BCUT2D eigenvalue weighted by Crippen LogP contribution is -2.06. The lowest BCUT2D eigenvalue weighted by Gasteiger charge is -2.11. The number of H-pyrrole nitrogens is 1. The number of rotatable bonds is 5. The van der Waals surface area contributed by atoms with Crippen LogP contribution in [0.3, 0.4) is 0 Å². The van der Waals surface area contributed by atoms with Gasteiger partial charge in [0.05, 0.1) is 17.8 Å². The second-order valence-electron chi connectivity index (χ2n) is 6.45. The number of pyridine rings is 1. The number of nitrogens with one attached hydrogen (secondary N) is 2. The fraction of sp³-hybridized carbons (Fsp3) is 0.190. The van der Waals surface area contributed by atoms with E-state index in [1.807, 2.05) is 38.2 Å². The van der Waals surface area contributed by atoms with Gasteiger partial charge in [0, 0.05) is 22.8 Å². The van der Waals surface area contributed by atoms with Crippen molar-refractivity contribution in [1.82, 2.24) is 9.97 Å². The van der Waals surface area contributed by atoms with Crippen LogP contribution in [0.25, 0.3) is 21.8 Å². The van der Waals surface area contributed by atoms with Gasteiger partial charge in [-0.1, -0.05) is 30.3 Å². The quantitative estimate of drug-likeness (QED) is 0.534. The highest BCUT2D eigenvalue weighted by molar-refractivity contribution is 6.07. The minimum Gasteiger partial charge on any atom is -0.491 e. The van der Waals surface area contributed by atoms with Gasteiger partial charge in [-0.3, -0.25) is 0 Å². The zero-order valence-electron chi connectivity index (χ0n) is 14.4. The molecule has 0 aliphatic heterocycles. The van der Waals surface area contributed by atoms with Crippen molar-refractivity contribution in [2.24, 2.45) is 0 Å². The SMILES string of the molecule is CC(C)Oc1cccc(CNc2cc3c(cn2)[nH]c2ccccc23)c1. The molecule has 2 N–H and O–H groups in total. The molecule has 4 heteroatoms. The summed E-state index contributed by atoms with van der Waals surface area (Å²) in [4.78, 5) is 7.91. The van der Waals surface area contributed by atoms with Gasteiger partial charge < -0.3 is 15.0 Å². The molecule has 2 heterocycles. The smallest absolute Gasteiger partial charge is 0.126 e. The maximum atomic E-state index is 5.75. The molecule has 0 aliphatic carbocycles. The first-order chi connectivity index (χ1) is 12.2. The molecule has 0 amide bonds. The Morgan fingerprint density at radius 1 is 1.00 bits per heavy atom. The first-order valence-electron chi connectivity index (χ1n) is 8.55. The maximum absolute atomic E-state index is 5.75. The molecule has 0 atom stereocenters. The molecule has 0 fully saturated rings. The van der Waals surface area contributed by atoms with E-state index >= 15 is 0 Å². The van der Waals surface area contributed by atoms with Crippen LogP contribution in [0.5, 0.6) is 5.75 Å². The summed E-state index contributed by atoms with van der Waals surface area (Å²) in [6.07, 6.45) is 2.06. The van der Waals surface area contributed by atoms with Gasteiger partial charge >= 0.3 is 0 Å². The Kier molecular flexibility index (Phi) is 4.02. The van der Waals surface area contributed by atoms with E-state index in [9.17, 15) is 0 Å². The van der Waals surface area contributed by atoms with Crippen LogP contribution in [-0.2, 0) is 6.54 Å². The molecular weight excluding hydrogens is 310 g/mol. The number of nitrogens with zero attached hydrogens (tertiary/aromatic N) is 1. The number of hydrogen-bond donors (Lipinski definition) is 2. The molecule has 4 nitrogen and oxygen atoms in total. The van der Waals surface area contributed by atoms with Crippen LogP contribution in [0.4, 0.5) is 5.82 Å². The van der Waals surface area contributed by atoms with Crippen molar-refractivity contribution >= 4 is 27.6 Å². The zero-order valence-corrected chi connectivity index (χ0v) is 14.4. The van der Waals surface area contributed by atoms with Crippen LogP contribution in [0, 0.1) is 0 Å². The normalized spacial score (nSPS) is 11.3. The van der Waals surface area contributed by atoms with Gasteiger partial charge in [-0.05, 0) is 43.7 Å². The Morgan fingerprint density at radius 3 is 2.76 bits per heavy atom. The monoisotopic (exact) mass is 331 g/mol. The Hall–Kier alpha value is -3.01. The number of benzene rings is 2. The zero-order chi connectivity index (χ0) is 17.2. The van der Waals surface area contributed by atoms with Gasteiger partial charge in [-0.15, -0.1) is 0 Å². The van der Waals surface area contributed by atoms with Crippen LogP contribution < -0.4 is 10.1 Å². The molecule has 126 valence electrons. The molecule has 0 saturated carbocycles. The van der Waals surface area contributed by atoms with Crippen molar-refractivity contribution in [2.75, 3.05) is 5.32 Å². The third-order valence-corrected chi connectivity index (χ3v) is 4.13. The highest BCUT2D eigenvalue weighted by Gasteiger charge is 2.06. The molecule has 0 unspecified atom stereocenters. The summed E-state index contributed by atoms with van der Waals surface area (Å²) < 4.78 is 5.75. The average Bonchev–Trinajstić information content (AvgIpc) is 2.98. The van der Waals surface area contributed by atoms with Crippen molar-refractivity contribution < 1.29 is 4.74 Å². The summed E-state index contributed by atoms with van der Waals surface area (Å²) in [5.41, 5.74) is 3.35. The minimum absolute atomic E-state index is 0.175. The molecule has 0 bridgehead atoms. The predicted molar refractivity (Wildman–Crippen MR) is 103 cm³/mol. The molecule has 0 saturated heterocycles. The number of para-hydroxylation sites is 1. The molecular formula is C21H21N3O. The van der Waals surface area contributed by atoms with Gasteiger partial charge in [0.1, 0.15) is 11.6 Å². The third-order valence-electron chi connectivity index (χ3n) is 4.13. The van der Waals surface area contributed by atoms with E-state index in [2.05, 4.69) is 51.7 Å². The average molecular weight is 331 g/mol. The highest BCUT2D eigenvalue weighted by atomic mass is 16.5. The fourth-order valence-electron chi connectivity index (χ4n) is 3.04. The minimum atomic E-state index is 0.175. The molecule has 0 aliphatic rings. The Morgan fingerprint density at radius 2 is 1.88 bits per heavy atom. The van der Waals surface area contributed by atoms with Crippen LogP contribution in [0.15, 0.2) is 60.8 Å². The van der Waals surface area contributed by atoms with Gasteiger partial charge in [0.25, 0.3) is 0 Å². The van der Waals surface area contributed by atoms with Gasteiger partial charge in [0.2, 0.25) is 0 Å². The second kappa shape index (κ2) is 6.48. The lowest BCUT2D eigenvalue weighted by molar-refractivity contribution is 0.242. The van der Waals surface area contributed by atoms with Crippen molar-refractivity contribution in [3.05, 3.63) is 66.4 Å². The van der Waals surface area contributed by atoms with Gasteiger partial charge in [0.15, 0.2) is 0 Å². The summed E-state index contributed by atoms with van der Waals surface area (Å²) in [6, 6.07) is 18.6. The number of aromatic amines is 1. The molecule has 2 aromatic heterocycles. The Balaban J connectivity index is 1.56.